The largest absolute Gasteiger partial charge is 0.352 e. The van der Waals surface area contributed by atoms with Gasteiger partial charge >= 0.3 is 0 Å². The SMILES string of the molecule is CCCCNC(=O)c1cccnc1[O]. The molecule has 1 radical (unpaired) electrons. The average Bonchev–Trinajstić information content (AvgIpc) is 2.18. The number of amides is 1. The first-order valence-corrected chi connectivity index (χ1v) is 4.66. The minimum atomic E-state index is -0.471. The van der Waals surface area contributed by atoms with Gasteiger partial charge in [0.15, 0.2) is 0 Å². The van der Waals surface area contributed by atoms with Gasteiger partial charge in [0.1, 0.15) is 5.56 Å². The second-order valence-corrected chi connectivity index (χ2v) is 2.97. The van der Waals surface area contributed by atoms with E-state index in [1.54, 1.807) is 6.07 Å². The fraction of sp³-hybridized carbons (Fsp3) is 0.400. The second kappa shape index (κ2) is 5.21. The summed E-state index contributed by atoms with van der Waals surface area (Å²) in [5.41, 5.74) is 0.114. The second-order valence-electron chi connectivity index (χ2n) is 2.97. The predicted molar refractivity (Wildman–Crippen MR) is 51.6 cm³/mol. The van der Waals surface area contributed by atoms with Gasteiger partial charge in [0.05, 0.1) is 0 Å². The Morgan fingerprint density at radius 1 is 1.57 bits per heavy atom. The van der Waals surface area contributed by atoms with Crippen LogP contribution in [0.2, 0.25) is 0 Å². The molecule has 0 fully saturated rings. The Bertz CT molecular complexity index is 313. The Kier molecular flexibility index (Phi) is 3.91. The van der Waals surface area contributed by atoms with Crippen molar-refractivity contribution in [3.05, 3.63) is 23.9 Å². The molecule has 14 heavy (non-hydrogen) atoms. The highest BCUT2D eigenvalue weighted by molar-refractivity contribution is 5.96. The molecule has 0 aromatic carbocycles. The van der Waals surface area contributed by atoms with Crippen molar-refractivity contribution in [1.82, 2.24) is 10.3 Å². The molecular formula is C10H13N2O2. The van der Waals surface area contributed by atoms with Gasteiger partial charge in [0.25, 0.3) is 11.8 Å². The van der Waals surface area contributed by atoms with Crippen LogP contribution in [0, 0.1) is 0 Å². The van der Waals surface area contributed by atoms with Gasteiger partial charge in [-0.15, -0.1) is 0 Å². The van der Waals surface area contributed by atoms with Crippen molar-refractivity contribution in [2.45, 2.75) is 19.8 Å². The number of nitrogens with zero attached hydrogens (tertiary/aromatic N) is 1. The fourth-order valence-electron chi connectivity index (χ4n) is 1.04. The molecule has 75 valence electrons. The average molecular weight is 193 g/mol. The van der Waals surface area contributed by atoms with E-state index in [-0.39, 0.29) is 11.5 Å². The normalized spacial score (nSPS) is 9.79. The van der Waals surface area contributed by atoms with Crippen LogP contribution in [0.25, 0.3) is 0 Å². The highest BCUT2D eigenvalue weighted by atomic mass is 16.3. The summed E-state index contributed by atoms with van der Waals surface area (Å²) in [7, 11) is 0. The minimum absolute atomic E-state index is 0.114. The van der Waals surface area contributed by atoms with Crippen LogP contribution in [0.5, 0.6) is 5.88 Å². The summed E-state index contributed by atoms with van der Waals surface area (Å²) in [6.07, 6.45) is 3.31. The van der Waals surface area contributed by atoms with E-state index in [9.17, 15) is 9.90 Å². The maximum Gasteiger partial charge on any atom is 0.282 e. The van der Waals surface area contributed by atoms with Crippen LogP contribution in [0.3, 0.4) is 0 Å². The van der Waals surface area contributed by atoms with Crippen LogP contribution >= 0.6 is 0 Å². The third-order valence-electron chi connectivity index (χ3n) is 1.83. The molecule has 0 aliphatic carbocycles. The van der Waals surface area contributed by atoms with Crippen molar-refractivity contribution in [1.29, 1.82) is 0 Å². The van der Waals surface area contributed by atoms with Gasteiger partial charge in [-0.3, -0.25) is 9.90 Å². The number of hydrogen-bond donors (Lipinski definition) is 1. The zero-order valence-corrected chi connectivity index (χ0v) is 8.12. The maximum absolute atomic E-state index is 11.4. The molecule has 0 spiro atoms. The Morgan fingerprint density at radius 2 is 2.36 bits per heavy atom. The lowest BCUT2D eigenvalue weighted by Crippen LogP contribution is -2.24. The summed E-state index contributed by atoms with van der Waals surface area (Å²) >= 11 is 0. The number of carbonyl (C=O) groups is 1. The number of nitrogens with one attached hydrogen (secondary N) is 1. The third kappa shape index (κ3) is 2.73. The van der Waals surface area contributed by atoms with Crippen LogP contribution in [-0.2, 0) is 5.11 Å². The van der Waals surface area contributed by atoms with Gasteiger partial charge < -0.3 is 5.32 Å². The molecule has 1 aromatic rings. The smallest absolute Gasteiger partial charge is 0.282 e. The predicted octanol–water partition coefficient (Wildman–Crippen LogP) is 1.76. The molecule has 1 rings (SSSR count). The highest BCUT2D eigenvalue weighted by Crippen LogP contribution is 2.11. The molecule has 1 amide bonds. The van der Waals surface area contributed by atoms with Crippen LogP contribution in [-0.4, -0.2) is 17.4 Å². The van der Waals surface area contributed by atoms with E-state index in [1.807, 2.05) is 6.92 Å². The topological polar surface area (TPSA) is 61.9 Å². The van der Waals surface area contributed by atoms with Crippen LogP contribution in [0.1, 0.15) is 30.1 Å². The molecule has 1 aromatic heterocycles. The number of hydrogen-bond acceptors (Lipinski definition) is 2. The fourth-order valence-corrected chi connectivity index (χ4v) is 1.04. The lowest BCUT2D eigenvalue weighted by atomic mass is 10.2. The van der Waals surface area contributed by atoms with Crippen molar-refractivity contribution < 1.29 is 9.90 Å². The third-order valence-corrected chi connectivity index (χ3v) is 1.83. The molecule has 0 unspecified atom stereocenters. The number of rotatable bonds is 4. The molecule has 0 bridgehead atoms. The van der Waals surface area contributed by atoms with E-state index in [4.69, 9.17) is 0 Å². The first-order valence-electron chi connectivity index (χ1n) is 4.66. The van der Waals surface area contributed by atoms with Gasteiger partial charge in [-0.05, 0) is 18.6 Å². The lowest BCUT2D eigenvalue weighted by molar-refractivity contribution is 0.0947. The molecule has 0 saturated heterocycles. The van der Waals surface area contributed by atoms with Gasteiger partial charge in [-0.2, -0.15) is 0 Å². The summed E-state index contributed by atoms with van der Waals surface area (Å²) in [6, 6.07) is 3.06. The Balaban J connectivity index is 2.56. The van der Waals surface area contributed by atoms with Crippen molar-refractivity contribution >= 4 is 5.91 Å². The molecule has 0 aliphatic heterocycles. The Hall–Kier alpha value is -1.58. The summed E-state index contributed by atoms with van der Waals surface area (Å²) in [4.78, 5) is 14.9. The van der Waals surface area contributed by atoms with Crippen molar-refractivity contribution in [2.75, 3.05) is 6.54 Å². The summed E-state index contributed by atoms with van der Waals surface area (Å²) in [6.45, 7) is 2.64. The van der Waals surface area contributed by atoms with Gasteiger partial charge in [0.2, 0.25) is 0 Å². The molecule has 1 N–H and O–H groups in total. The van der Waals surface area contributed by atoms with E-state index in [0.29, 0.717) is 6.54 Å². The Labute approximate surface area is 83.0 Å². The molecule has 0 atom stereocenters. The van der Waals surface area contributed by atoms with Crippen LogP contribution < -0.4 is 5.32 Å². The quantitative estimate of drug-likeness (QED) is 0.740. The van der Waals surface area contributed by atoms with Crippen molar-refractivity contribution in [3.63, 3.8) is 0 Å². The van der Waals surface area contributed by atoms with Crippen molar-refractivity contribution in [3.8, 4) is 5.88 Å². The van der Waals surface area contributed by atoms with Gasteiger partial charge in [-0.1, -0.05) is 13.3 Å². The monoisotopic (exact) mass is 193 g/mol. The van der Waals surface area contributed by atoms with Crippen LogP contribution in [0.4, 0.5) is 0 Å². The zero-order valence-electron chi connectivity index (χ0n) is 8.12. The summed E-state index contributed by atoms with van der Waals surface area (Å²) in [5, 5.41) is 13.8. The molecular weight excluding hydrogens is 180 g/mol. The minimum Gasteiger partial charge on any atom is -0.352 e. The molecule has 0 aliphatic rings. The van der Waals surface area contributed by atoms with Gasteiger partial charge in [0, 0.05) is 12.7 Å². The van der Waals surface area contributed by atoms with E-state index >= 15 is 0 Å². The van der Waals surface area contributed by atoms with E-state index in [0.717, 1.165) is 12.8 Å². The van der Waals surface area contributed by atoms with E-state index in [1.165, 1.54) is 12.3 Å². The Morgan fingerprint density at radius 3 is 3.00 bits per heavy atom. The first kappa shape index (κ1) is 10.5. The molecule has 0 saturated carbocycles. The summed E-state index contributed by atoms with van der Waals surface area (Å²) in [5.74, 6) is -0.807. The number of carbonyl (C=O) groups excluding carboxylic acids is 1. The van der Waals surface area contributed by atoms with E-state index < -0.39 is 5.88 Å². The zero-order chi connectivity index (χ0) is 10.4. The van der Waals surface area contributed by atoms with E-state index in [2.05, 4.69) is 10.3 Å². The highest BCUT2D eigenvalue weighted by Gasteiger charge is 2.11. The lowest BCUT2D eigenvalue weighted by Gasteiger charge is -2.03. The molecule has 1 heterocycles. The van der Waals surface area contributed by atoms with Crippen LogP contribution in [0.15, 0.2) is 18.3 Å². The number of unbranched alkanes of at least 4 members (excludes halogenated alkanes) is 1. The standard InChI is InChI=1S/C10H13N2O2/c1-2-3-6-11-9(13)8-5-4-7-12-10(8)14/h4-5,7H,2-3,6H2,1H3,(H,11,13). The summed E-state index contributed by atoms with van der Waals surface area (Å²) < 4.78 is 0. The number of aromatic nitrogens is 1. The van der Waals surface area contributed by atoms with Crippen molar-refractivity contribution in [2.24, 2.45) is 0 Å². The molecule has 4 heteroatoms. The first-order chi connectivity index (χ1) is 6.75. The maximum atomic E-state index is 11.4. The molecule has 4 nitrogen and oxygen atoms in total. The van der Waals surface area contributed by atoms with Gasteiger partial charge in [-0.25, -0.2) is 4.98 Å². The number of pyridine rings is 1.